The molecule has 0 aromatic heterocycles. The van der Waals surface area contributed by atoms with Crippen molar-refractivity contribution in [2.45, 2.75) is 63.7 Å². The number of carbonyl (C=O) groups is 1. The first-order chi connectivity index (χ1) is 7.98. The fourth-order valence-electron chi connectivity index (χ4n) is 3.11. The van der Waals surface area contributed by atoms with Crippen molar-refractivity contribution in [3.8, 4) is 0 Å². The van der Waals surface area contributed by atoms with Crippen molar-refractivity contribution in [1.82, 2.24) is 10.2 Å². The lowest BCUT2D eigenvalue weighted by Crippen LogP contribution is -2.57. The van der Waals surface area contributed by atoms with Gasteiger partial charge in [0.15, 0.2) is 0 Å². The SMILES string of the molecule is COC(=O)C1(NC(C)C)CC(C)N(C2CC2)C1. The van der Waals surface area contributed by atoms with Gasteiger partial charge in [0.1, 0.15) is 5.54 Å². The maximum Gasteiger partial charge on any atom is 0.327 e. The summed E-state index contributed by atoms with van der Waals surface area (Å²) in [6.07, 6.45) is 3.42. The van der Waals surface area contributed by atoms with Gasteiger partial charge in [-0.15, -0.1) is 0 Å². The van der Waals surface area contributed by atoms with Crippen molar-refractivity contribution in [2.24, 2.45) is 0 Å². The molecule has 4 heteroatoms. The molecule has 1 N–H and O–H groups in total. The summed E-state index contributed by atoms with van der Waals surface area (Å²) in [5, 5.41) is 3.43. The number of likely N-dealkylation sites (tertiary alicyclic amines) is 1. The van der Waals surface area contributed by atoms with E-state index in [4.69, 9.17) is 4.74 Å². The third kappa shape index (κ3) is 2.47. The fraction of sp³-hybridized carbons (Fsp3) is 0.923. The summed E-state index contributed by atoms with van der Waals surface area (Å²) in [7, 11) is 1.48. The highest BCUT2D eigenvalue weighted by molar-refractivity contribution is 5.81. The van der Waals surface area contributed by atoms with Gasteiger partial charge in [-0.05, 0) is 40.0 Å². The number of hydrogen-bond acceptors (Lipinski definition) is 4. The van der Waals surface area contributed by atoms with Crippen LogP contribution in [0.5, 0.6) is 0 Å². The highest BCUT2D eigenvalue weighted by Gasteiger charge is 2.52. The number of rotatable bonds is 4. The summed E-state index contributed by atoms with van der Waals surface area (Å²) in [5.74, 6) is -0.110. The van der Waals surface area contributed by atoms with Crippen LogP contribution in [0.2, 0.25) is 0 Å². The molecule has 0 bridgehead atoms. The van der Waals surface area contributed by atoms with E-state index in [1.165, 1.54) is 20.0 Å². The van der Waals surface area contributed by atoms with E-state index in [2.05, 4.69) is 31.0 Å². The average molecular weight is 240 g/mol. The molecule has 0 radical (unpaired) electrons. The van der Waals surface area contributed by atoms with Crippen molar-refractivity contribution in [3.05, 3.63) is 0 Å². The van der Waals surface area contributed by atoms with Gasteiger partial charge < -0.3 is 4.74 Å². The number of methoxy groups -OCH3 is 1. The maximum atomic E-state index is 12.1. The smallest absolute Gasteiger partial charge is 0.327 e. The molecule has 0 aromatic rings. The Balaban J connectivity index is 2.14. The Labute approximate surface area is 104 Å². The molecular formula is C13H24N2O2. The second kappa shape index (κ2) is 4.58. The number of nitrogens with zero attached hydrogens (tertiary/aromatic N) is 1. The Hall–Kier alpha value is -0.610. The Morgan fingerprint density at radius 2 is 2.12 bits per heavy atom. The number of esters is 1. The average Bonchev–Trinajstić information content (AvgIpc) is 3.03. The lowest BCUT2D eigenvalue weighted by Gasteiger charge is -2.30. The van der Waals surface area contributed by atoms with Gasteiger partial charge in [0.25, 0.3) is 0 Å². The van der Waals surface area contributed by atoms with Crippen LogP contribution in [0.25, 0.3) is 0 Å². The van der Waals surface area contributed by atoms with Crippen LogP contribution in [0.3, 0.4) is 0 Å². The molecule has 2 aliphatic rings. The first-order valence-electron chi connectivity index (χ1n) is 6.60. The van der Waals surface area contributed by atoms with Gasteiger partial charge in [-0.3, -0.25) is 15.0 Å². The van der Waals surface area contributed by atoms with Crippen LogP contribution in [0.4, 0.5) is 0 Å². The second-order valence-corrected chi connectivity index (χ2v) is 5.83. The Bertz CT molecular complexity index is 302. The van der Waals surface area contributed by atoms with E-state index in [1.807, 2.05) is 0 Å². The summed E-state index contributed by atoms with van der Waals surface area (Å²) in [4.78, 5) is 14.6. The minimum atomic E-state index is -0.495. The predicted octanol–water partition coefficient (Wildman–Crippen LogP) is 1.15. The summed E-state index contributed by atoms with van der Waals surface area (Å²) in [6.45, 7) is 7.17. The lowest BCUT2D eigenvalue weighted by atomic mass is 9.95. The molecule has 2 fully saturated rings. The minimum Gasteiger partial charge on any atom is -0.468 e. The van der Waals surface area contributed by atoms with Crippen LogP contribution in [0.1, 0.15) is 40.0 Å². The van der Waals surface area contributed by atoms with E-state index in [-0.39, 0.29) is 5.97 Å². The molecule has 1 aliphatic heterocycles. The molecule has 0 spiro atoms. The second-order valence-electron chi connectivity index (χ2n) is 5.83. The van der Waals surface area contributed by atoms with E-state index < -0.39 is 5.54 Å². The van der Waals surface area contributed by atoms with Gasteiger partial charge >= 0.3 is 5.97 Å². The zero-order valence-corrected chi connectivity index (χ0v) is 11.3. The van der Waals surface area contributed by atoms with Gasteiger partial charge in [0.05, 0.1) is 7.11 Å². The monoisotopic (exact) mass is 240 g/mol. The van der Waals surface area contributed by atoms with Gasteiger partial charge in [0.2, 0.25) is 0 Å². The molecule has 0 aromatic carbocycles. The molecule has 4 nitrogen and oxygen atoms in total. The molecule has 1 heterocycles. The summed E-state index contributed by atoms with van der Waals surface area (Å²) < 4.78 is 5.01. The number of ether oxygens (including phenoxy) is 1. The fourth-order valence-corrected chi connectivity index (χ4v) is 3.11. The van der Waals surface area contributed by atoms with Crippen molar-refractivity contribution < 1.29 is 9.53 Å². The molecule has 98 valence electrons. The largest absolute Gasteiger partial charge is 0.468 e. The summed E-state index contributed by atoms with van der Waals surface area (Å²) >= 11 is 0. The predicted molar refractivity (Wildman–Crippen MR) is 66.8 cm³/mol. The zero-order chi connectivity index (χ0) is 12.6. The lowest BCUT2D eigenvalue weighted by molar-refractivity contribution is -0.148. The van der Waals surface area contributed by atoms with E-state index in [9.17, 15) is 4.79 Å². The van der Waals surface area contributed by atoms with Crippen molar-refractivity contribution >= 4 is 5.97 Å². The Morgan fingerprint density at radius 3 is 2.59 bits per heavy atom. The summed E-state index contributed by atoms with van der Waals surface area (Å²) in [6, 6.07) is 1.46. The number of nitrogens with one attached hydrogen (secondary N) is 1. The van der Waals surface area contributed by atoms with Gasteiger partial charge in [-0.1, -0.05) is 0 Å². The van der Waals surface area contributed by atoms with E-state index in [0.717, 1.165) is 13.0 Å². The highest BCUT2D eigenvalue weighted by atomic mass is 16.5. The normalized spacial score (nSPS) is 34.3. The Kier molecular flexibility index (Phi) is 3.46. The van der Waals surface area contributed by atoms with Crippen LogP contribution in [-0.2, 0) is 9.53 Å². The number of hydrogen-bond donors (Lipinski definition) is 1. The topological polar surface area (TPSA) is 41.6 Å². The highest BCUT2D eigenvalue weighted by Crippen LogP contribution is 2.37. The first kappa shape index (κ1) is 12.8. The van der Waals surface area contributed by atoms with Gasteiger partial charge in [-0.25, -0.2) is 0 Å². The van der Waals surface area contributed by atoms with Crippen molar-refractivity contribution in [1.29, 1.82) is 0 Å². The minimum absolute atomic E-state index is 0.110. The molecule has 2 rings (SSSR count). The molecule has 1 saturated carbocycles. The standard InChI is InChI=1S/C13H24N2O2/c1-9(2)14-13(12(16)17-4)7-10(3)15(8-13)11-5-6-11/h9-11,14H,5-8H2,1-4H3. The van der Waals surface area contributed by atoms with Crippen molar-refractivity contribution in [2.75, 3.05) is 13.7 Å². The van der Waals surface area contributed by atoms with Crippen LogP contribution in [-0.4, -0.2) is 48.2 Å². The van der Waals surface area contributed by atoms with E-state index in [0.29, 0.717) is 18.1 Å². The van der Waals surface area contributed by atoms with Gasteiger partial charge in [0, 0.05) is 24.7 Å². The van der Waals surface area contributed by atoms with E-state index in [1.54, 1.807) is 0 Å². The molecular weight excluding hydrogens is 216 g/mol. The maximum absolute atomic E-state index is 12.1. The van der Waals surface area contributed by atoms with Crippen LogP contribution in [0, 0.1) is 0 Å². The van der Waals surface area contributed by atoms with Crippen LogP contribution < -0.4 is 5.32 Å². The molecule has 17 heavy (non-hydrogen) atoms. The Morgan fingerprint density at radius 1 is 1.47 bits per heavy atom. The molecule has 0 amide bonds. The first-order valence-corrected chi connectivity index (χ1v) is 6.60. The van der Waals surface area contributed by atoms with Crippen molar-refractivity contribution in [3.63, 3.8) is 0 Å². The van der Waals surface area contributed by atoms with Crippen LogP contribution in [0.15, 0.2) is 0 Å². The zero-order valence-electron chi connectivity index (χ0n) is 11.3. The third-order valence-electron chi connectivity index (χ3n) is 3.82. The van der Waals surface area contributed by atoms with Gasteiger partial charge in [-0.2, -0.15) is 0 Å². The van der Waals surface area contributed by atoms with Crippen LogP contribution >= 0.6 is 0 Å². The molecule has 2 atom stereocenters. The number of carbonyl (C=O) groups excluding carboxylic acids is 1. The third-order valence-corrected chi connectivity index (χ3v) is 3.82. The molecule has 1 saturated heterocycles. The van der Waals surface area contributed by atoms with E-state index >= 15 is 0 Å². The molecule has 1 aliphatic carbocycles. The molecule has 2 unspecified atom stereocenters. The summed E-state index contributed by atoms with van der Waals surface area (Å²) in [5.41, 5.74) is -0.495. The quantitative estimate of drug-likeness (QED) is 0.749.